The van der Waals surface area contributed by atoms with Crippen LogP contribution in [0.25, 0.3) is 12.2 Å². The highest BCUT2D eigenvalue weighted by Gasteiger charge is 2.31. The smallest absolute Gasteiger partial charge is 0.306 e. The van der Waals surface area contributed by atoms with Crippen molar-refractivity contribution < 1.29 is 23.0 Å². The van der Waals surface area contributed by atoms with E-state index in [9.17, 15) is 13.9 Å². The molecular weight excluding hydrogens is 634 g/mol. The summed E-state index contributed by atoms with van der Waals surface area (Å²) in [7, 11) is -6.86. The maximum Gasteiger partial charge on any atom is 0.306 e. The Bertz CT molecular complexity index is 1900. The van der Waals surface area contributed by atoms with Crippen LogP contribution in [0.5, 0.6) is 11.5 Å². The molecule has 5 nitrogen and oxygen atoms in total. The molecule has 0 spiro atoms. The Morgan fingerprint density at radius 3 is 1.04 bits per heavy atom. The van der Waals surface area contributed by atoms with Crippen LogP contribution in [0.1, 0.15) is 11.1 Å². The molecule has 0 radical (unpaired) electrons. The molecule has 0 aromatic heterocycles. The fourth-order valence-corrected chi connectivity index (χ4v) is 9.16. The fraction of sp³-hybridized carbons (Fsp3) is 0. The van der Waals surface area contributed by atoms with Crippen LogP contribution in [0.15, 0.2) is 182 Å². The van der Waals surface area contributed by atoms with E-state index in [1.54, 1.807) is 97.1 Å². The van der Waals surface area contributed by atoms with Gasteiger partial charge in [0.25, 0.3) is 0 Å². The predicted octanol–water partition coefficient (Wildman–Crippen LogP) is 8.60. The van der Waals surface area contributed by atoms with Crippen LogP contribution < -0.4 is 30.3 Å². The quantitative estimate of drug-likeness (QED) is 0.0967. The number of carbonyl (C=O) groups excluding carboxylic acids is 1. The van der Waals surface area contributed by atoms with Gasteiger partial charge in [-0.15, -0.1) is 0 Å². The zero-order valence-corrected chi connectivity index (χ0v) is 27.7. The molecule has 0 amide bonds. The molecule has 6 aromatic rings. The molecule has 6 aromatic carbocycles. The summed E-state index contributed by atoms with van der Waals surface area (Å²) >= 11 is 0. The van der Waals surface area contributed by atoms with Crippen molar-refractivity contribution in [3.63, 3.8) is 0 Å². The summed E-state index contributed by atoms with van der Waals surface area (Å²) in [6.45, 7) is 0. The standard InChI is InChI=1S/C41H32O5P2/c42-35(29-27-33-15-13-17-36(31-33)45-47(43,38-19-5-1-6-20-38)39-21-7-2-8-22-39)30-28-34-16-14-18-37(32-34)46-48(44,40-23-9-3-10-24-40)41-25-11-4-12-26-41/h1-32H/b29-27+,30-28+. The number of rotatable bonds is 12. The van der Waals surface area contributed by atoms with Crippen LogP contribution in [0.4, 0.5) is 0 Å². The van der Waals surface area contributed by atoms with Crippen LogP contribution >= 0.6 is 14.7 Å². The number of benzene rings is 6. The number of carbonyl (C=O) groups is 1. The highest BCUT2D eigenvalue weighted by molar-refractivity contribution is 7.75. The monoisotopic (exact) mass is 666 g/mol. The molecular formula is C41H32O5P2. The molecule has 0 saturated heterocycles. The lowest BCUT2D eigenvalue weighted by atomic mass is 10.1. The van der Waals surface area contributed by atoms with Crippen molar-refractivity contribution in [1.82, 2.24) is 0 Å². The Kier molecular flexibility index (Phi) is 10.1. The van der Waals surface area contributed by atoms with Gasteiger partial charge in [-0.2, -0.15) is 0 Å². The van der Waals surface area contributed by atoms with E-state index in [4.69, 9.17) is 9.05 Å². The van der Waals surface area contributed by atoms with Crippen LogP contribution in [0.3, 0.4) is 0 Å². The Labute approximate surface area is 280 Å². The third-order valence-corrected chi connectivity index (χ3v) is 12.3. The number of ketones is 1. The largest absolute Gasteiger partial charge is 0.437 e. The number of allylic oxidation sites excluding steroid dienone is 2. The van der Waals surface area contributed by atoms with Gasteiger partial charge in [-0.05, 0) is 96.1 Å². The minimum atomic E-state index is -3.43. The summed E-state index contributed by atoms with van der Waals surface area (Å²) in [4.78, 5) is 12.8. The molecule has 0 bridgehead atoms. The average molecular weight is 667 g/mol. The van der Waals surface area contributed by atoms with Gasteiger partial charge in [-0.1, -0.05) is 109 Å². The molecule has 0 heterocycles. The van der Waals surface area contributed by atoms with Crippen molar-refractivity contribution >= 4 is 53.9 Å². The summed E-state index contributed by atoms with van der Waals surface area (Å²) in [5.74, 6) is 0.624. The highest BCUT2D eigenvalue weighted by Crippen LogP contribution is 2.46. The lowest BCUT2D eigenvalue weighted by Crippen LogP contribution is -2.20. The maximum absolute atomic E-state index is 14.3. The molecule has 0 fully saturated rings. The molecule has 0 aliphatic carbocycles. The molecule has 0 unspecified atom stereocenters. The van der Waals surface area contributed by atoms with Gasteiger partial charge in [-0.3, -0.25) is 13.9 Å². The molecule has 0 aliphatic rings. The van der Waals surface area contributed by atoms with Gasteiger partial charge >= 0.3 is 14.7 Å². The summed E-state index contributed by atoms with van der Waals surface area (Å²) < 4.78 is 41.0. The van der Waals surface area contributed by atoms with Crippen molar-refractivity contribution in [3.05, 3.63) is 193 Å². The Morgan fingerprint density at radius 1 is 0.417 bits per heavy atom. The van der Waals surface area contributed by atoms with Crippen LogP contribution in [0, 0.1) is 0 Å². The topological polar surface area (TPSA) is 69.7 Å². The molecule has 7 heteroatoms. The molecule has 0 saturated carbocycles. The van der Waals surface area contributed by atoms with E-state index in [0.29, 0.717) is 32.7 Å². The van der Waals surface area contributed by atoms with E-state index in [1.165, 1.54) is 12.2 Å². The van der Waals surface area contributed by atoms with Crippen LogP contribution in [0.2, 0.25) is 0 Å². The van der Waals surface area contributed by atoms with Gasteiger partial charge in [0.05, 0.1) is 21.2 Å². The fourth-order valence-electron chi connectivity index (χ4n) is 5.07. The van der Waals surface area contributed by atoms with Gasteiger partial charge in [0.2, 0.25) is 0 Å². The minimum absolute atomic E-state index is 0.230. The third kappa shape index (κ3) is 7.73. The number of hydrogen-bond donors (Lipinski definition) is 0. The minimum Gasteiger partial charge on any atom is -0.437 e. The lowest BCUT2D eigenvalue weighted by molar-refractivity contribution is -0.110. The zero-order chi connectivity index (χ0) is 33.2. The summed E-state index contributed by atoms with van der Waals surface area (Å²) in [6.07, 6.45) is 6.29. The van der Waals surface area contributed by atoms with Crippen molar-refractivity contribution in [2.75, 3.05) is 0 Å². The first-order valence-corrected chi connectivity index (χ1v) is 18.6. The number of hydrogen-bond acceptors (Lipinski definition) is 5. The second-order valence-corrected chi connectivity index (χ2v) is 15.5. The zero-order valence-electron chi connectivity index (χ0n) is 25.9. The first-order chi connectivity index (χ1) is 23.4. The lowest BCUT2D eigenvalue weighted by Gasteiger charge is -2.20. The summed E-state index contributed by atoms with van der Waals surface area (Å²) in [5.41, 5.74) is 1.43. The Morgan fingerprint density at radius 2 is 0.729 bits per heavy atom. The van der Waals surface area contributed by atoms with Crippen molar-refractivity contribution in [3.8, 4) is 11.5 Å². The molecule has 0 aliphatic heterocycles. The maximum atomic E-state index is 14.3. The second kappa shape index (κ2) is 15.0. The molecule has 236 valence electrons. The first-order valence-electron chi connectivity index (χ1n) is 15.3. The van der Waals surface area contributed by atoms with Crippen LogP contribution in [-0.2, 0) is 13.9 Å². The van der Waals surface area contributed by atoms with E-state index in [0.717, 1.165) is 11.1 Å². The van der Waals surface area contributed by atoms with Gasteiger partial charge in [0, 0.05) is 0 Å². The van der Waals surface area contributed by atoms with Gasteiger partial charge in [0.1, 0.15) is 11.5 Å². The van der Waals surface area contributed by atoms with E-state index in [2.05, 4.69) is 0 Å². The third-order valence-electron chi connectivity index (χ3n) is 7.45. The summed E-state index contributed by atoms with van der Waals surface area (Å²) in [5, 5.41) is 2.37. The molecule has 6 rings (SSSR count). The normalized spacial score (nSPS) is 11.8. The second-order valence-electron chi connectivity index (χ2n) is 10.8. The SMILES string of the molecule is O=C(/C=C/c1cccc(OP(=O)(c2ccccc2)c2ccccc2)c1)/C=C/c1cccc(OP(=O)(c2ccccc2)c2ccccc2)c1. The van der Waals surface area contributed by atoms with Gasteiger partial charge < -0.3 is 9.05 Å². The molecule has 48 heavy (non-hydrogen) atoms. The Hall–Kier alpha value is -5.47. The Balaban J connectivity index is 1.17. The van der Waals surface area contributed by atoms with E-state index < -0.39 is 14.7 Å². The van der Waals surface area contributed by atoms with Crippen molar-refractivity contribution in [2.45, 2.75) is 0 Å². The highest BCUT2D eigenvalue weighted by atomic mass is 31.2. The van der Waals surface area contributed by atoms with Crippen molar-refractivity contribution in [2.24, 2.45) is 0 Å². The van der Waals surface area contributed by atoms with E-state index >= 15 is 0 Å². The molecule has 0 N–H and O–H groups in total. The van der Waals surface area contributed by atoms with Gasteiger partial charge in [-0.25, -0.2) is 0 Å². The van der Waals surface area contributed by atoms with E-state index in [-0.39, 0.29) is 5.78 Å². The summed E-state index contributed by atoms with van der Waals surface area (Å²) in [6, 6.07) is 50.9. The van der Waals surface area contributed by atoms with Crippen LogP contribution in [-0.4, -0.2) is 5.78 Å². The average Bonchev–Trinajstić information content (AvgIpc) is 3.15. The van der Waals surface area contributed by atoms with Gasteiger partial charge in [0.15, 0.2) is 5.78 Å². The predicted molar refractivity (Wildman–Crippen MR) is 197 cm³/mol. The first kappa shape index (κ1) is 32.5. The molecule has 0 atom stereocenters. The van der Waals surface area contributed by atoms with Crippen molar-refractivity contribution in [1.29, 1.82) is 0 Å². The van der Waals surface area contributed by atoms with E-state index in [1.807, 2.05) is 84.9 Å².